The number of fused-ring (bicyclic) bond motifs is 1. The number of Topliss-reactive ketones (excluding diaryl/α,β-unsaturated/α-hetero) is 2. The Morgan fingerprint density at radius 1 is 1.07 bits per heavy atom. The molecule has 0 saturated heterocycles. The van der Waals surface area contributed by atoms with Gasteiger partial charge in [-0.2, -0.15) is 0 Å². The quantitative estimate of drug-likeness (QED) is 0.502. The van der Waals surface area contributed by atoms with Crippen molar-refractivity contribution >= 4 is 17.5 Å². The van der Waals surface area contributed by atoms with Crippen LogP contribution in [0, 0.1) is 0 Å². The molecule has 4 nitrogen and oxygen atoms in total. The summed E-state index contributed by atoms with van der Waals surface area (Å²) >= 11 is 0. The van der Waals surface area contributed by atoms with Gasteiger partial charge in [-0.05, 0) is 54.7 Å². The molecule has 0 fully saturated rings. The maximum atomic E-state index is 12.8. The van der Waals surface area contributed by atoms with Crippen LogP contribution in [0.15, 0.2) is 71.3 Å². The average Bonchev–Trinajstić information content (AvgIpc) is 2.73. The summed E-state index contributed by atoms with van der Waals surface area (Å²) < 4.78 is 5.59. The Balaban J connectivity index is 1.51. The molecule has 0 bridgehead atoms. The molecule has 2 aromatic rings. The van der Waals surface area contributed by atoms with Gasteiger partial charge in [0.2, 0.25) is 0 Å². The van der Waals surface area contributed by atoms with Gasteiger partial charge in [-0.1, -0.05) is 48.0 Å². The molecule has 0 N–H and O–H groups in total. The molecule has 1 aliphatic carbocycles. The maximum absolute atomic E-state index is 12.8. The number of ether oxygens (including phenoxy) is 1. The summed E-state index contributed by atoms with van der Waals surface area (Å²) in [4.78, 5) is 37.5. The van der Waals surface area contributed by atoms with Crippen molar-refractivity contribution in [2.24, 2.45) is 0 Å². The number of esters is 1. The van der Waals surface area contributed by atoms with E-state index >= 15 is 0 Å². The molecule has 2 aromatic carbocycles. The van der Waals surface area contributed by atoms with Gasteiger partial charge in [0, 0.05) is 24.8 Å². The molecule has 4 heteroatoms. The van der Waals surface area contributed by atoms with Gasteiger partial charge in [-0.25, -0.2) is 4.79 Å². The second-order valence-electron chi connectivity index (χ2n) is 8.06. The lowest BCUT2D eigenvalue weighted by atomic mass is 9.88. The molecule has 30 heavy (non-hydrogen) atoms. The van der Waals surface area contributed by atoms with E-state index in [1.54, 1.807) is 12.1 Å². The summed E-state index contributed by atoms with van der Waals surface area (Å²) in [6.07, 6.45) is 3.37. The first-order valence-electron chi connectivity index (χ1n) is 10.2. The van der Waals surface area contributed by atoms with Crippen LogP contribution in [0.2, 0.25) is 0 Å². The van der Waals surface area contributed by atoms with E-state index in [0.29, 0.717) is 30.4 Å². The zero-order chi connectivity index (χ0) is 21.3. The predicted molar refractivity (Wildman–Crippen MR) is 114 cm³/mol. The van der Waals surface area contributed by atoms with Crippen LogP contribution < -0.4 is 0 Å². The summed E-state index contributed by atoms with van der Waals surface area (Å²) in [6, 6.07) is 14.8. The standard InChI is InChI=1S/C26H24O4/c1-16-12-17(2)21(24(28)13-16)10-11-23(27)19-8-9-22-20(14-19)15-25(30-26(22)29)18-6-4-3-5-7-18/h3-9,12,14,25H,10-11,13,15H2,1-2H3. The summed E-state index contributed by atoms with van der Waals surface area (Å²) in [7, 11) is 0. The highest BCUT2D eigenvalue weighted by Crippen LogP contribution is 2.31. The van der Waals surface area contributed by atoms with E-state index in [0.717, 1.165) is 27.8 Å². The van der Waals surface area contributed by atoms with Crippen LogP contribution >= 0.6 is 0 Å². The Morgan fingerprint density at radius 3 is 2.57 bits per heavy atom. The highest BCUT2D eigenvalue weighted by atomic mass is 16.5. The first-order valence-corrected chi connectivity index (χ1v) is 10.2. The van der Waals surface area contributed by atoms with Gasteiger partial charge in [0.1, 0.15) is 6.10 Å². The Morgan fingerprint density at radius 2 is 1.83 bits per heavy atom. The highest BCUT2D eigenvalue weighted by molar-refractivity contribution is 6.02. The van der Waals surface area contributed by atoms with Crippen LogP contribution in [0.5, 0.6) is 0 Å². The van der Waals surface area contributed by atoms with Crippen LogP contribution in [0.1, 0.15) is 71.1 Å². The minimum Gasteiger partial charge on any atom is -0.454 e. The van der Waals surface area contributed by atoms with E-state index in [4.69, 9.17) is 4.74 Å². The number of rotatable bonds is 5. The fourth-order valence-electron chi connectivity index (χ4n) is 4.23. The lowest BCUT2D eigenvalue weighted by Crippen LogP contribution is -2.22. The van der Waals surface area contributed by atoms with E-state index in [-0.39, 0.29) is 30.1 Å². The Labute approximate surface area is 176 Å². The van der Waals surface area contributed by atoms with Crippen molar-refractivity contribution in [3.05, 3.63) is 93.6 Å². The van der Waals surface area contributed by atoms with Crippen molar-refractivity contribution in [1.29, 1.82) is 0 Å². The number of cyclic esters (lactones) is 1. The minimum atomic E-state index is -0.361. The molecular formula is C26H24O4. The number of allylic oxidation sites excluding steroid dienone is 4. The smallest absolute Gasteiger partial charge is 0.339 e. The van der Waals surface area contributed by atoms with Crippen LogP contribution in [-0.2, 0) is 16.0 Å². The lowest BCUT2D eigenvalue weighted by Gasteiger charge is -2.25. The largest absolute Gasteiger partial charge is 0.454 e. The van der Waals surface area contributed by atoms with Crippen molar-refractivity contribution < 1.29 is 19.1 Å². The molecule has 0 aromatic heterocycles. The number of carbonyl (C=O) groups is 3. The molecule has 1 atom stereocenters. The van der Waals surface area contributed by atoms with E-state index < -0.39 is 0 Å². The van der Waals surface area contributed by atoms with Crippen molar-refractivity contribution in [1.82, 2.24) is 0 Å². The normalized spacial score (nSPS) is 18.6. The second-order valence-corrected chi connectivity index (χ2v) is 8.06. The molecular weight excluding hydrogens is 376 g/mol. The number of hydrogen-bond donors (Lipinski definition) is 0. The first kappa shape index (κ1) is 20.0. The average molecular weight is 400 g/mol. The third-order valence-electron chi connectivity index (χ3n) is 5.79. The Bertz CT molecular complexity index is 1090. The van der Waals surface area contributed by atoms with Gasteiger partial charge in [-0.3, -0.25) is 9.59 Å². The lowest BCUT2D eigenvalue weighted by molar-refractivity contribution is -0.115. The minimum absolute atomic E-state index is 0.0209. The van der Waals surface area contributed by atoms with Crippen LogP contribution in [0.4, 0.5) is 0 Å². The van der Waals surface area contributed by atoms with Crippen molar-refractivity contribution in [3.63, 3.8) is 0 Å². The molecule has 4 rings (SSSR count). The topological polar surface area (TPSA) is 60.4 Å². The SMILES string of the molecule is CC1=CC(C)=C(CCC(=O)c2ccc3c(c2)CC(c2ccccc2)OC3=O)C(=O)C1. The van der Waals surface area contributed by atoms with E-state index in [1.165, 1.54) is 0 Å². The monoisotopic (exact) mass is 400 g/mol. The number of ketones is 2. The predicted octanol–water partition coefficient (Wildman–Crippen LogP) is 5.34. The molecule has 2 aliphatic rings. The second kappa shape index (κ2) is 8.23. The molecule has 1 heterocycles. The third kappa shape index (κ3) is 4.04. The Kier molecular flexibility index (Phi) is 5.49. The van der Waals surface area contributed by atoms with Crippen molar-refractivity contribution in [3.8, 4) is 0 Å². The van der Waals surface area contributed by atoms with Crippen LogP contribution in [-0.4, -0.2) is 17.5 Å². The van der Waals surface area contributed by atoms with Gasteiger partial charge < -0.3 is 4.74 Å². The van der Waals surface area contributed by atoms with E-state index in [1.807, 2.05) is 56.3 Å². The van der Waals surface area contributed by atoms with E-state index in [9.17, 15) is 14.4 Å². The molecule has 1 aliphatic heterocycles. The molecule has 152 valence electrons. The first-order chi connectivity index (χ1) is 14.4. The molecule has 0 saturated carbocycles. The Hall–Kier alpha value is -3.27. The highest BCUT2D eigenvalue weighted by Gasteiger charge is 2.28. The zero-order valence-corrected chi connectivity index (χ0v) is 17.2. The summed E-state index contributed by atoms with van der Waals surface area (Å²) in [5.74, 6) is -0.272. The molecule has 0 radical (unpaired) electrons. The molecule has 0 amide bonds. The summed E-state index contributed by atoms with van der Waals surface area (Å²) in [5, 5.41) is 0. The summed E-state index contributed by atoms with van der Waals surface area (Å²) in [5.41, 5.74) is 5.62. The van der Waals surface area contributed by atoms with Crippen LogP contribution in [0.3, 0.4) is 0 Å². The number of hydrogen-bond acceptors (Lipinski definition) is 4. The van der Waals surface area contributed by atoms with E-state index in [2.05, 4.69) is 0 Å². The summed E-state index contributed by atoms with van der Waals surface area (Å²) in [6.45, 7) is 3.87. The fraction of sp³-hybridized carbons (Fsp3) is 0.269. The van der Waals surface area contributed by atoms with Crippen molar-refractivity contribution in [2.75, 3.05) is 0 Å². The number of carbonyl (C=O) groups excluding carboxylic acids is 3. The van der Waals surface area contributed by atoms with Crippen LogP contribution in [0.25, 0.3) is 0 Å². The fourth-order valence-corrected chi connectivity index (χ4v) is 4.23. The van der Waals surface area contributed by atoms with Gasteiger partial charge in [-0.15, -0.1) is 0 Å². The number of benzene rings is 2. The van der Waals surface area contributed by atoms with Gasteiger partial charge in [0.15, 0.2) is 11.6 Å². The maximum Gasteiger partial charge on any atom is 0.339 e. The van der Waals surface area contributed by atoms with Gasteiger partial charge >= 0.3 is 5.97 Å². The molecule has 0 spiro atoms. The van der Waals surface area contributed by atoms with Crippen molar-refractivity contribution in [2.45, 2.75) is 45.6 Å². The molecule has 1 unspecified atom stereocenters. The zero-order valence-electron chi connectivity index (χ0n) is 17.2. The van der Waals surface area contributed by atoms with Gasteiger partial charge in [0.05, 0.1) is 5.56 Å². The van der Waals surface area contributed by atoms with Gasteiger partial charge in [0.25, 0.3) is 0 Å². The third-order valence-corrected chi connectivity index (χ3v) is 5.79.